The maximum absolute atomic E-state index is 12.6. The van der Waals surface area contributed by atoms with E-state index in [-0.39, 0.29) is 11.0 Å². The lowest BCUT2D eigenvalue weighted by molar-refractivity contribution is 0.0695. The molecule has 1 heterocycles. The van der Waals surface area contributed by atoms with Gasteiger partial charge >= 0.3 is 5.97 Å². The van der Waals surface area contributed by atoms with Crippen LogP contribution in [-0.4, -0.2) is 16.1 Å². The van der Waals surface area contributed by atoms with Crippen molar-refractivity contribution < 1.29 is 18.7 Å². The number of rotatable bonds is 3. The van der Waals surface area contributed by atoms with Crippen LogP contribution < -0.4 is 0 Å². The Kier molecular flexibility index (Phi) is 3.90. The number of aromatic nitrogens is 1. The van der Waals surface area contributed by atoms with Crippen molar-refractivity contribution in [2.45, 2.75) is 11.8 Å². The molecule has 84 valence electrons. The van der Waals surface area contributed by atoms with E-state index in [1.54, 1.807) is 0 Å². The molecule has 0 saturated carbocycles. The second-order valence-electron chi connectivity index (χ2n) is 2.77. The number of pyridine rings is 1. The molecule has 0 bridgehead atoms. The molecular weight excluding hydrogens is 286 g/mol. The van der Waals surface area contributed by atoms with Crippen LogP contribution in [0.15, 0.2) is 6.07 Å². The van der Waals surface area contributed by atoms with Gasteiger partial charge in [-0.2, -0.15) is 5.26 Å². The van der Waals surface area contributed by atoms with Gasteiger partial charge in [0.2, 0.25) is 0 Å². The number of aromatic carboxylic acids is 1. The van der Waals surface area contributed by atoms with E-state index >= 15 is 0 Å². The number of nitrogens with zero attached hydrogens (tertiary/aromatic N) is 2. The molecule has 7 heteroatoms. The fraction of sp³-hybridized carbons (Fsp3) is 0.222. The molecule has 0 spiro atoms. The van der Waals surface area contributed by atoms with E-state index < -0.39 is 29.2 Å². The van der Waals surface area contributed by atoms with E-state index in [1.807, 2.05) is 0 Å². The Morgan fingerprint density at radius 3 is 2.69 bits per heavy atom. The summed E-state index contributed by atoms with van der Waals surface area (Å²) in [7, 11) is 0. The molecule has 1 rings (SSSR count). The molecule has 1 N–H and O–H groups in total. The predicted molar refractivity (Wildman–Crippen MR) is 53.5 cm³/mol. The number of carbonyl (C=O) groups is 1. The number of nitriles is 1. The summed E-state index contributed by atoms with van der Waals surface area (Å²) in [6, 6.07) is 2.54. The van der Waals surface area contributed by atoms with Crippen LogP contribution >= 0.6 is 15.9 Å². The Labute approximate surface area is 97.7 Å². The van der Waals surface area contributed by atoms with E-state index in [0.717, 1.165) is 6.07 Å². The van der Waals surface area contributed by atoms with Crippen LogP contribution in [0.25, 0.3) is 0 Å². The number of hydrogen-bond donors (Lipinski definition) is 1. The molecule has 0 aliphatic carbocycles. The zero-order chi connectivity index (χ0) is 12.3. The molecular formula is C9H5BrF2N2O2. The summed E-state index contributed by atoms with van der Waals surface area (Å²) in [6.07, 6.45) is -2.98. The van der Waals surface area contributed by atoms with Crippen molar-refractivity contribution in [1.82, 2.24) is 4.98 Å². The summed E-state index contributed by atoms with van der Waals surface area (Å²) in [5.41, 5.74) is -1.70. The first-order valence-corrected chi connectivity index (χ1v) is 5.14. The first-order valence-electron chi connectivity index (χ1n) is 4.02. The summed E-state index contributed by atoms with van der Waals surface area (Å²) in [6.45, 7) is 0. The van der Waals surface area contributed by atoms with Crippen LogP contribution in [0, 0.1) is 11.3 Å². The average Bonchev–Trinajstić information content (AvgIpc) is 2.26. The Balaban J connectivity index is 3.54. The van der Waals surface area contributed by atoms with Crippen molar-refractivity contribution in [2.75, 3.05) is 0 Å². The Morgan fingerprint density at radius 2 is 2.31 bits per heavy atom. The van der Waals surface area contributed by atoms with Gasteiger partial charge in [0, 0.05) is 5.33 Å². The zero-order valence-electron chi connectivity index (χ0n) is 7.75. The molecule has 0 amide bonds. The Morgan fingerprint density at radius 1 is 1.69 bits per heavy atom. The molecule has 0 aliphatic rings. The van der Waals surface area contributed by atoms with E-state index in [2.05, 4.69) is 20.9 Å². The van der Waals surface area contributed by atoms with Crippen molar-refractivity contribution in [3.8, 4) is 6.07 Å². The van der Waals surface area contributed by atoms with Crippen LogP contribution in [-0.2, 0) is 5.33 Å². The third kappa shape index (κ3) is 2.33. The van der Waals surface area contributed by atoms with Crippen molar-refractivity contribution in [1.29, 1.82) is 5.26 Å². The summed E-state index contributed by atoms with van der Waals surface area (Å²) in [5, 5.41) is 17.6. The van der Waals surface area contributed by atoms with Crippen molar-refractivity contribution in [3.63, 3.8) is 0 Å². The number of alkyl halides is 3. The highest BCUT2D eigenvalue weighted by Crippen LogP contribution is 2.24. The van der Waals surface area contributed by atoms with Crippen LogP contribution in [0.5, 0.6) is 0 Å². The van der Waals surface area contributed by atoms with Gasteiger partial charge in [0.1, 0.15) is 11.8 Å². The third-order valence-corrected chi connectivity index (χ3v) is 2.36. The highest BCUT2D eigenvalue weighted by atomic mass is 79.9. The van der Waals surface area contributed by atoms with Gasteiger partial charge in [0.25, 0.3) is 6.43 Å². The summed E-state index contributed by atoms with van der Waals surface area (Å²) < 4.78 is 25.1. The highest BCUT2D eigenvalue weighted by molar-refractivity contribution is 9.08. The first-order chi connectivity index (χ1) is 7.51. The average molecular weight is 291 g/mol. The van der Waals surface area contributed by atoms with Gasteiger partial charge in [-0.05, 0) is 6.07 Å². The minimum Gasteiger partial charge on any atom is -0.478 e. The molecule has 1 aromatic heterocycles. The number of carboxylic acid groups (broad SMARTS) is 1. The molecule has 16 heavy (non-hydrogen) atoms. The van der Waals surface area contributed by atoms with Gasteiger partial charge in [-0.15, -0.1) is 0 Å². The monoisotopic (exact) mass is 290 g/mol. The van der Waals surface area contributed by atoms with Crippen LogP contribution in [0.4, 0.5) is 8.78 Å². The van der Waals surface area contributed by atoms with Crippen molar-refractivity contribution in [3.05, 3.63) is 28.6 Å². The minimum atomic E-state index is -2.98. The molecule has 0 aromatic carbocycles. The van der Waals surface area contributed by atoms with E-state index in [9.17, 15) is 13.6 Å². The SMILES string of the molecule is N#Cc1c(C(=O)O)cc(CBr)nc1C(F)F. The van der Waals surface area contributed by atoms with Crippen molar-refractivity contribution >= 4 is 21.9 Å². The van der Waals surface area contributed by atoms with Crippen LogP contribution in [0.1, 0.15) is 33.7 Å². The first kappa shape index (κ1) is 12.5. The largest absolute Gasteiger partial charge is 0.478 e. The van der Waals surface area contributed by atoms with Crippen LogP contribution in [0.3, 0.4) is 0 Å². The second kappa shape index (κ2) is 4.99. The molecule has 0 aliphatic heterocycles. The fourth-order valence-corrected chi connectivity index (χ4v) is 1.42. The Hall–Kier alpha value is -1.55. The van der Waals surface area contributed by atoms with Gasteiger partial charge in [-0.1, -0.05) is 15.9 Å². The van der Waals surface area contributed by atoms with Crippen molar-refractivity contribution in [2.24, 2.45) is 0 Å². The van der Waals surface area contributed by atoms with Gasteiger partial charge in [-0.3, -0.25) is 0 Å². The number of halogens is 3. The quantitative estimate of drug-likeness (QED) is 0.868. The van der Waals surface area contributed by atoms with Gasteiger partial charge in [-0.25, -0.2) is 18.6 Å². The maximum atomic E-state index is 12.6. The molecule has 4 nitrogen and oxygen atoms in total. The van der Waals surface area contributed by atoms with Gasteiger partial charge < -0.3 is 5.11 Å². The van der Waals surface area contributed by atoms with E-state index in [4.69, 9.17) is 10.4 Å². The summed E-state index contributed by atoms with van der Waals surface area (Å²) >= 11 is 2.99. The van der Waals surface area contributed by atoms with E-state index in [0.29, 0.717) is 0 Å². The highest BCUT2D eigenvalue weighted by Gasteiger charge is 2.22. The van der Waals surface area contributed by atoms with Crippen LogP contribution in [0.2, 0.25) is 0 Å². The zero-order valence-corrected chi connectivity index (χ0v) is 9.33. The topological polar surface area (TPSA) is 74.0 Å². The lowest BCUT2D eigenvalue weighted by atomic mass is 10.1. The molecule has 0 radical (unpaired) electrons. The second-order valence-corrected chi connectivity index (χ2v) is 3.33. The molecule has 0 fully saturated rings. The predicted octanol–water partition coefficient (Wildman–Crippen LogP) is 2.48. The normalized spacial score (nSPS) is 10.2. The minimum absolute atomic E-state index is 0.138. The lowest BCUT2D eigenvalue weighted by Gasteiger charge is -2.07. The molecule has 1 aromatic rings. The Bertz CT molecular complexity index is 471. The smallest absolute Gasteiger partial charge is 0.337 e. The fourth-order valence-electron chi connectivity index (χ4n) is 1.13. The lowest BCUT2D eigenvalue weighted by Crippen LogP contribution is -2.08. The summed E-state index contributed by atoms with van der Waals surface area (Å²) in [4.78, 5) is 14.3. The van der Waals surface area contributed by atoms with Gasteiger partial charge in [0.15, 0.2) is 0 Å². The number of carboxylic acids is 1. The molecule has 0 unspecified atom stereocenters. The summed E-state index contributed by atoms with van der Waals surface area (Å²) in [5.74, 6) is -1.43. The van der Waals surface area contributed by atoms with E-state index in [1.165, 1.54) is 6.07 Å². The molecule has 0 atom stereocenters. The maximum Gasteiger partial charge on any atom is 0.337 e. The number of hydrogen-bond acceptors (Lipinski definition) is 3. The standard InChI is InChI=1S/C9H5BrF2N2O2/c10-2-4-1-5(9(15)16)6(3-13)7(14-4)8(11)12/h1,8H,2H2,(H,15,16). The van der Waals surface area contributed by atoms with Gasteiger partial charge in [0.05, 0.1) is 16.8 Å². The molecule has 0 saturated heterocycles. The third-order valence-electron chi connectivity index (χ3n) is 1.79.